The van der Waals surface area contributed by atoms with Gasteiger partial charge in [0.1, 0.15) is 11.6 Å². The van der Waals surface area contributed by atoms with Crippen LogP contribution in [0.4, 0.5) is 5.82 Å². The van der Waals surface area contributed by atoms with Crippen LogP contribution in [0.2, 0.25) is 0 Å². The van der Waals surface area contributed by atoms with Crippen molar-refractivity contribution in [2.24, 2.45) is 0 Å². The van der Waals surface area contributed by atoms with Gasteiger partial charge in [-0.2, -0.15) is 0 Å². The van der Waals surface area contributed by atoms with Crippen LogP contribution in [0.5, 0.6) is 0 Å². The topological polar surface area (TPSA) is 43.8 Å². The molecule has 0 atom stereocenters. The number of imidazole rings is 1. The predicted octanol–water partition coefficient (Wildman–Crippen LogP) is 2.87. The van der Waals surface area contributed by atoms with Gasteiger partial charge in [0.2, 0.25) is 0 Å². The fourth-order valence-corrected chi connectivity index (χ4v) is 1.73. The second-order valence-electron chi connectivity index (χ2n) is 5.15. The summed E-state index contributed by atoms with van der Waals surface area (Å²) >= 11 is 0. The normalized spacial score (nSPS) is 12.1. The molecule has 3 nitrogen and oxygen atoms in total. The Hall–Kier alpha value is -0.990. The highest BCUT2D eigenvalue weighted by atomic mass is 15.1. The van der Waals surface area contributed by atoms with Gasteiger partial charge in [0.05, 0.1) is 5.69 Å². The molecule has 0 spiro atoms. The molecule has 15 heavy (non-hydrogen) atoms. The molecule has 1 aromatic heterocycles. The average molecular weight is 209 g/mol. The van der Waals surface area contributed by atoms with Gasteiger partial charge in [0, 0.05) is 12.0 Å². The van der Waals surface area contributed by atoms with Crippen molar-refractivity contribution in [2.45, 2.75) is 59.4 Å². The standard InChI is InChI=1S/C12H23N3/c1-6-7-8-15-9(2)14-10(11(15)13)12(3,4)5/h6-8,13H2,1-5H3. The highest BCUT2D eigenvalue weighted by molar-refractivity contribution is 5.42. The van der Waals surface area contributed by atoms with Gasteiger partial charge in [-0.25, -0.2) is 4.98 Å². The lowest BCUT2D eigenvalue weighted by Crippen LogP contribution is -2.15. The molecule has 0 aromatic carbocycles. The van der Waals surface area contributed by atoms with E-state index in [-0.39, 0.29) is 5.41 Å². The van der Waals surface area contributed by atoms with Crippen LogP contribution < -0.4 is 5.73 Å². The quantitative estimate of drug-likeness (QED) is 0.832. The third-order valence-electron chi connectivity index (χ3n) is 2.64. The zero-order valence-electron chi connectivity index (χ0n) is 10.6. The SMILES string of the molecule is CCCCn1c(C)nc(C(C)(C)C)c1N. The summed E-state index contributed by atoms with van der Waals surface area (Å²) in [5.41, 5.74) is 7.19. The Morgan fingerprint density at radius 2 is 1.93 bits per heavy atom. The Morgan fingerprint density at radius 3 is 2.33 bits per heavy atom. The predicted molar refractivity (Wildman–Crippen MR) is 65.0 cm³/mol. The van der Waals surface area contributed by atoms with Crippen LogP contribution in [-0.2, 0) is 12.0 Å². The van der Waals surface area contributed by atoms with Gasteiger partial charge in [-0.1, -0.05) is 34.1 Å². The van der Waals surface area contributed by atoms with Crippen molar-refractivity contribution in [1.82, 2.24) is 9.55 Å². The largest absolute Gasteiger partial charge is 0.384 e. The Labute approximate surface area is 92.7 Å². The van der Waals surface area contributed by atoms with Gasteiger partial charge in [-0.15, -0.1) is 0 Å². The number of hydrogen-bond acceptors (Lipinski definition) is 2. The van der Waals surface area contributed by atoms with Gasteiger partial charge in [0.25, 0.3) is 0 Å². The van der Waals surface area contributed by atoms with Crippen molar-refractivity contribution in [2.75, 3.05) is 5.73 Å². The van der Waals surface area contributed by atoms with E-state index in [1.807, 2.05) is 6.92 Å². The Bertz CT molecular complexity index is 331. The van der Waals surface area contributed by atoms with Crippen LogP contribution in [-0.4, -0.2) is 9.55 Å². The van der Waals surface area contributed by atoms with E-state index in [0.29, 0.717) is 0 Å². The number of rotatable bonds is 3. The molecule has 86 valence electrons. The van der Waals surface area contributed by atoms with Gasteiger partial charge >= 0.3 is 0 Å². The molecule has 0 unspecified atom stereocenters. The number of nitrogens with two attached hydrogens (primary N) is 1. The molecule has 0 amide bonds. The fourth-order valence-electron chi connectivity index (χ4n) is 1.73. The van der Waals surface area contributed by atoms with Gasteiger partial charge in [-0.05, 0) is 13.3 Å². The van der Waals surface area contributed by atoms with Crippen molar-refractivity contribution >= 4 is 5.82 Å². The number of nitrogen functional groups attached to an aromatic ring is 1. The molecule has 2 N–H and O–H groups in total. The lowest BCUT2D eigenvalue weighted by Gasteiger charge is -2.16. The van der Waals surface area contributed by atoms with Crippen molar-refractivity contribution in [3.05, 3.63) is 11.5 Å². The first-order chi connectivity index (χ1) is 6.88. The molecule has 0 fully saturated rings. The van der Waals surface area contributed by atoms with Gasteiger partial charge in [0.15, 0.2) is 0 Å². The molecular weight excluding hydrogens is 186 g/mol. The molecule has 0 saturated heterocycles. The number of hydrogen-bond donors (Lipinski definition) is 1. The maximum atomic E-state index is 6.13. The minimum Gasteiger partial charge on any atom is -0.384 e. The summed E-state index contributed by atoms with van der Waals surface area (Å²) in [4.78, 5) is 4.57. The number of nitrogens with zero attached hydrogens (tertiary/aromatic N) is 2. The van der Waals surface area contributed by atoms with Crippen LogP contribution in [0.25, 0.3) is 0 Å². The second-order valence-corrected chi connectivity index (χ2v) is 5.15. The monoisotopic (exact) mass is 209 g/mol. The molecule has 0 bridgehead atoms. The molecule has 1 heterocycles. The van der Waals surface area contributed by atoms with E-state index >= 15 is 0 Å². The minimum absolute atomic E-state index is 0.0340. The summed E-state index contributed by atoms with van der Waals surface area (Å²) in [6.45, 7) is 11.6. The summed E-state index contributed by atoms with van der Waals surface area (Å²) < 4.78 is 2.13. The molecule has 1 rings (SSSR count). The number of aromatic nitrogens is 2. The average Bonchev–Trinajstić information content (AvgIpc) is 2.39. The first kappa shape index (κ1) is 12.1. The zero-order chi connectivity index (χ0) is 11.6. The lowest BCUT2D eigenvalue weighted by atomic mass is 9.92. The van der Waals surface area contributed by atoms with Crippen LogP contribution in [0.3, 0.4) is 0 Å². The van der Waals surface area contributed by atoms with E-state index in [1.165, 1.54) is 6.42 Å². The van der Waals surface area contributed by atoms with E-state index in [1.54, 1.807) is 0 Å². The van der Waals surface area contributed by atoms with Crippen molar-refractivity contribution in [3.63, 3.8) is 0 Å². The maximum absolute atomic E-state index is 6.13. The number of unbranched alkanes of at least 4 members (excludes halogenated alkanes) is 1. The Kier molecular flexibility index (Phi) is 3.42. The summed E-state index contributed by atoms with van der Waals surface area (Å²) in [5, 5.41) is 0. The molecule has 0 aliphatic heterocycles. The third kappa shape index (κ3) is 2.52. The summed E-state index contributed by atoms with van der Waals surface area (Å²) in [6, 6.07) is 0. The first-order valence-corrected chi connectivity index (χ1v) is 5.71. The maximum Gasteiger partial charge on any atom is 0.127 e. The van der Waals surface area contributed by atoms with Crippen molar-refractivity contribution in [1.29, 1.82) is 0 Å². The van der Waals surface area contributed by atoms with E-state index in [9.17, 15) is 0 Å². The fraction of sp³-hybridized carbons (Fsp3) is 0.750. The minimum atomic E-state index is 0.0340. The zero-order valence-corrected chi connectivity index (χ0v) is 10.6. The smallest absolute Gasteiger partial charge is 0.127 e. The lowest BCUT2D eigenvalue weighted by molar-refractivity contribution is 0.572. The van der Waals surface area contributed by atoms with Gasteiger partial charge < -0.3 is 10.3 Å². The number of aryl methyl sites for hydroxylation is 1. The molecule has 1 aromatic rings. The molecule has 3 heteroatoms. The third-order valence-corrected chi connectivity index (χ3v) is 2.64. The van der Waals surface area contributed by atoms with Gasteiger partial charge in [-0.3, -0.25) is 0 Å². The molecule has 0 aliphatic carbocycles. The summed E-state index contributed by atoms with van der Waals surface area (Å²) in [6.07, 6.45) is 2.34. The van der Waals surface area contributed by atoms with E-state index in [4.69, 9.17) is 5.73 Å². The second kappa shape index (κ2) is 4.25. The van der Waals surface area contributed by atoms with Crippen molar-refractivity contribution < 1.29 is 0 Å². The Morgan fingerprint density at radius 1 is 1.33 bits per heavy atom. The van der Waals surface area contributed by atoms with Crippen LogP contribution in [0, 0.1) is 6.92 Å². The highest BCUT2D eigenvalue weighted by Gasteiger charge is 2.23. The molecule has 0 radical (unpaired) electrons. The van der Waals surface area contributed by atoms with Crippen LogP contribution in [0.15, 0.2) is 0 Å². The van der Waals surface area contributed by atoms with Crippen molar-refractivity contribution in [3.8, 4) is 0 Å². The molecule has 0 saturated carbocycles. The highest BCUT2D eigenvalue weighted by Crippen LogP contribution is 2.27. The molecular formula is C12H23N3. The Balaban J connectivity index is 3.04. The summed E-state index contributed by atoms with van der Waals surface area (Å²) in [7, 11) is 0. The first-order valence-electron chi connectivity index (χ1n) is 5.71. The van der Waals surface area contributed by atoms with E-state index in [0.717, 1.165) is 30.3 Å². The van der Waals surface area contributed by atoms with Crippen LogP contribution >= 0.6 is 0 Å². The van der Waals surface area contributed by atoms with E-state index in [2.05, 4.69) is 37.2 Å². The van der Waals surface area contributed by atoms with E-state index < -0.39 is 0 Å². The number of anilines is 1. The summed E-state index contributed by atoms with van der Waals surface area (Å²) in [5.74, 6) is 1.87. The molecule has 0 aliphatic rings. The van der Waals surface area contributed by atoms with Crippen LogP contribution in [0.1, 0.15) is 52.1 Å².